The van der Waals surface area contributed by atoms with Gasteiger partial charge in [0.15, 0.2) is 17.4 Å². The third-order valence-corrected chi connectivity index (χ3v) is 31.3. The maximum atomic E-state index is 14.9. The van der Waals surface area contributed by atoms with Crippen LogP contribution in [0.15, 0.2) is 147 Å². The minimum absolute atomic E-state index is 0.117. The van der Waals surface area contributed by atoms with Crippen molar-refractivity contribution in [2.45, 2.75) is 209 Å². The lowest BCUT2D eigenvalue weighted by Gasteiger charge is -2.31. The SMILES string of the molecule is C#C[C@]1(CCc2cc(F)c3cc(Cl)c(N)nc3c2)C[C@@H](n2ccc3c(Cl)ncnc32)[C@@H]2OC(C)(C)O[C@@H]21.C#C[C@]1(CCc2cc(F)c3cc(Cl)c(N)nc3c2)C[C@@H](n2ccc3c(N)ncnc32)[C@@H]2OC(C)(C)O[C@@H]21.C#C[C@]1(CCc2cc(F)c3cc(Cl)c(N)nc3c2)C[C@@H](n2ccc3c(N)ncnc32)[C@H](O)[C@@H]1O.CC1(C)O[C@H]2[C@H](n3ccc4c(Cl)ncnc43)C[C@](C=O)(CCc3cc(F)c4cc(Cl)c(N)nc4c3)[C@H]2O1. The normalized spacial score (nSPS) is 26.1. The number of aromatic nitrogens is 16. The van der Waals surface area contributed by atoms with Crippen molar-refractivity contribution in [1.29, 1.82) is 0 Å². The number of halogens is 10. The van der Waals surface area contributed by atoms with E-state index in [0.717, 1.165) is 39.2 Å². The summed E-state index contributed by atoms with van der Waals surface area (Å²) >= 11 is 36.7. The summed E-state index contributed by atoms with van der Waals surface area (Å²) < 4.78 is 106. The number of hydrogen-bond acceptors (Lipinski definition) is 27. The molecule has 3 aliphatic heterocycles. The van der Waals surface area contributed by atoms with Crippen LogP contribution in [-0.2, 0) is 58.9 Å². The summed E-state index contributed by atoms with van der Waals surface area (Å²) in [6.45, 7) is 11.2. The molecule has 4 aliphatic carbocycles. The number of nitrogens with zero attached hydrogens (tertiary/aromatic N) is 16. The Morgan fingerprint density at radius 2 is 0.662 bits per heavy atom. The van der Waals surface area contributed by atoms with E-state index in [9.17, 15) is 32.6 Å². The van der Waals surface area contributed by atoms with Crippen LogP contribution in [0.3, 0.4) is 0 Å². The van der Waals surface area contributed by atoms with E-state index in [1.165, 1.54) is 73.8 Å². The number of nitrogens with two attached hydrogens (primary N) is 6. The number of aliphatic hydroxyl groups excluding tert-OH is 2. The first-order chi connectivity index (χ1) is 69.1. The van der Waals surface area contributed by atoms with E-state index in [0.29, 0.717) is 171 Å². The second kappa shape index (κ2) is 37.7. The quantitative estimate of drug-likeness (QED) is 0.0182. The zero-order chi connectivity index (χ0) is 103. The molecule has 23 rings (SSSR count). The van der Waals surface area contributed by atoms with Crippen LogP contribution in [0.4, 0.5) is 52.5 Å². The number of pyridine rings is 4. The first-order valence-corrected chi connectivity index (χ1v) is 48.9. The highest BCUT2D eigenvalue weighted by molar-refractivity contribution is 6.35. The number of carbonyl (C=O) groups excluding carboxylic acids is 1. The highest BCUT2D eigenvalue weighted by Gasteiger charge is 2.65. The van der Waals surface area contributed by atoms with Gasteiger partial charge in [0.25, 0.3) is 0 Å². The van der Waals surface area contributed by atoms with Gasteiger partial charge in [-0.3, -0.25) is 0 Å². The molecule has 0 spiro atoms. The molecule has 145 heavy (non-hydrogen) atoms. The predicted molar refractivity (Wildman–Crippen MR) is 547 cm³/mol. The summed E-state index contributed by atoms with van der Waals surface area (Å²) in [7, 11) is 0. The van der Waals surface area contributed by atoms with Crippen molar-refractivity contribution in [3.05, 3.63) is 223 Å². The average molecular weight is 2090 g/mol. The Hall–Kier alpha value is -12.7. The summed E-state index contributed by atoms with van der Waals surface area (Å²) in [4.78, 5) is 63.6. The van der Waals surface area contributed by atoms with Crippen LogP contribution in [0, 0.1) is 82.0 Å². The number of terminal acetylenes is 3. The van der Waals surface area contributed by atoms with E-state index in [2.05, 4.69) is 86.7 Å². The summed E-state index contributed by atoms with van der Waals surface area (Å²) in [5, 5.41) is 27.6. The molecule has 4 saturated carbocycles. The van der Waals surface area contributed by atoms with Gasteiger partial charge in [-0.15, -0.1) is 19.3 Å². The molecule has 0 unspecified atom stereocenters. The van der Waals surface area contributed by atoms with Gasteiger partial charge in [0.05, 0.1) is 116 Å². The number of fused-ring (bicyclic) bond motifs is 11. The molecule has 4 aromatic carbocycles. The molecule has 746 valence electrons. The van der Waals surface area contributed by atoms with E-state index in [4.69, 9.17) is 152 Å². The van der Waals surface area contributed by atoms with Crippen LogP contribution in [0.25, 0.3) is 87.7 Å². The van der Waals surface area contributed by atoms with Crippen LogP contribution < -0.4 is 34.4 Å². The van der Waals surface area contributed by atoms with E-state index in [1.807, 2.05) is 95.0 Å². The first kappa shape index (κ1) is 99.6. The van der Waals surface area contributed by atoms with Gasteiger partial charge in [0.1, 0.15) is 165 Å². The molecular weight excluding hydrogens is 1990 g/mol. The summed E-state index contributed by atoms with van der Waals surface area (Å²) in [6, 6.07) is 25.3. The number of nitrogen functional groups attached to an aromatic ring is 6. The largest absolute Gasteiger partial charge is 0.389 e. The van der Waals surface area contributed by atoms with Gasteiger partial charge in [-0.25, -0.2) is 77.4 Å². The standard InChI is InChI=1S/C27H24Cl2FN5O2.C27H26ClFN6O2.C26H24Cl2FN5O3.C24H22ClFN6O2/c1-4-27(7-5-14-9-18(30)16-11-17(28)24(31)34-19(16)10-14)12-20(21-22(27)37-26(2,3)36-21)35-8-6-15-23(29)32-13-33-25(15)35;1-4-27(7-5-14-9-18(29)16-11-17(28)24(31)34-19(16)10-14)12-20(21-22(27)37-26(2,3)36-21)35-8-6-15-23(30)32-13-33-25(15)35;1-25(2)36-20-19(34-6-4-14-22(28)31-12-32-24(14)34)10-26(11-35,21(20)37-25)5-3-13-7-17(29)15-9-16(27)23(30)33-18(15)8-13;1-2-24(5-3-12-7-16(26)14-9-15(25)22(28)31-17(14)8-12)10-18(19(33)20(24)34)32-6-4-13-21(27)29-11-30-23(13)32/h1,6,8-11,13,20-22H,5,7,12H2,2-3H3,(H2,31,34);1,6,8-11,13,20-22H,5,7,12H2,2-3H3,(H2,31,34)(H2,30,32,33);4,6-9,11-12,19-21H,3,5,10H2,1-2H3,(H2,30,33);1,4,6-9,11,18-20,33-34H,3,5,10H2,(H2,28,31)(H2,27,29,30)/t2*20-,21+,22+,27+;19-,20+,21+,26+;18-,19+,20+,24+/m1111/s1. The topological polar surface area (TPSA) is 443 Å². The molecule has 0 bridgehead atoms. The zero-order valence-electron chi connectivity index (χ0n) is 78.7. The molecule has 12 aromatic heterocycles. The minimum atomic E-state index is -1.18. The van der Waals surface area contributed by atoms with Crippen molar-refractivity contribution >= 4 is 199 Å². The molecule has 7 aliphatic rings. The Morgan fingerprint density at radius 3 is 1.01 bits per heavy atom. The molecule has 0 amide bonds. The third kappa shape index (κ3) is 18.0. The van der Waals surface area contributed by atoms with E-state index < -0.39 is 86.6 Å². The molecule has 16 aromatic rings. The van der Waals surface area contributed by atoms with Gasteiger partial charge in [-0.2, -0.15) is 0 Å². The number of carbonyl (C=O) groups is 1. The van der Waals surface area contributed by atoms with E-state index in [1.54, 1.807) is 29.0 Å². The van der Waals surface area contributed by atoms with Crippen molar-refractivity contribution in [3.8, 4) is 37.0 Å². The van der Waals surface area contributed by atoms with E-state index >= 15 is 0 Å². The van der Waals surface area contributed by atoms with Crippen molar-refractivity contribution in [2.75, 3.05) is 34.4 Å². The molecule has 14 N–H and O–H groups in total. The van der Waals surface area contributed by atoms with Crippen LogP contribution >= 0.6 is 69.6 Å². The highest BCUT2D eigenvalue weighted by Crippen LogP contribution is 2.60. The summed E-state index contributed by atoms with van der Waals surface area (Å²) in [5.41, 5.74) is 39.3. The summed E-state index contributed by atoms with van der Waals surface area (Å²) in [6.07, 6.45) is 33.7. The van der Waals surface area contributed by atoms with Crippen molar-refractivity contribution in [3.63, 3.8) is 0 Å². The second-order valence-corrected chi connectivity index (χ2v) is 41.9. The molecule has 16 atom stereocenters. The van der Waals surface area contributed by atoms with Crippen LogP contribution in [0.1, 0.15) is 139 Å². The average Bonchev–Trinajstić information content (AvgIpc) is 1.57. The maximum absolute atomic E-state index is 14.9. The van der Waals surface area contributed by atoms with Crippen LogP contribution in [0.5, 0.6) is 0 Å². The fourth-order valence-corrected chi connectivity index (χ4v) is 23.4. The van der Waals surface area contributed by atoms with Crippen LogP contribution in [-0.4, -0.2) is 161 Å². The van der Waals surface area contributed by atoms with Gasteiger partial charge in [0, 0.05) is 46.3 Å². The number of aliphatic hydroxyl groups is 2. The smallest absolute Gasteiger partial charge is 0.163 e. The Kier molecular flexibility index (Phi) is 25.9. The van der Waals surface area contributed by atoms with Gasteiger partial charge in [-0.05, 0) is 238 Å². The number of aldehydes is 1. The van der Waals surface area contributed by atoms with Gasteiger partial charge >= 0.3 is 0 Å². The monoisotopic (exact) mass is 2080 g/mol. The molecular formula is C104H96Cl6F4N22O9. The fraction of sp³-hybridized carbons (Fsp3) is 0.356. The first-order valence-electron chi connectivity index (χ1n) is 46.6. The van der Waals surface area contributed by atoms with Crippen molar-refractivity contribution in [2.24, 2.45) is 21.7 Å². The Morgan fingerprint density at radius 1 is 0.372 bits per heavy atom. The fourth-order valence-electron chi connectivity index (χ4n) is 22.4. The van der Waals surface area contributed by atoms with Crippen LogP contribution in [0.2, 0.25) is 30.4 Å². The Bertz CT molecular complexity index is 7840. The number of hydrogen-bond donors (Lipinski definition) is 8. The van der Waals surface area contributed by atoms with Gasteiger partial charge in [0.2, 0.25) is 0 Å². The lowest BCUT2D eigenvalue weighted by molar-refractivity contribution is -0.170. The molecule has 3 saturated heterocycles. The molecule has 31 nitrogen and oxygen atoms in total. The number of ether oxygens (including phenoxy) is 6. The lowest BCUT2D eigenvalue weighted by atomic mass is 9.79. The van der Waals surface area contributed by atoms with Crippen molar-refractivity contribution in [1.82, 2.24) is 78.1 Å². The minimum Gasteiger partial charge on any atom is -0.389 e. The molecule has 41 heteroatoms. The van der Waals surface area contributed by atoms with Gasteiger partial charge < -0.3 is 96.1 Å². The Labute approximate surface area is 857 Å². The molecule has 15 heterocycles. The number of anilines is 6. The zero-order valence-corrected chi connectivity index (χ0v) is 83.3. The number of aryl methyl sites for hydroxylation is 4. The second-order valence-electron chi connectivity index (χ2n) is 39.5. The Balaban J connectivity index is 0.000000118. The third-order valence-electron chi connectivity index (χ3n) is 29.5. The van der Waals surface area contributed by atoms with Gasteiger partial charge in [-0.1, -0.05) is 87.4 Å². The maximum Gasteiger partial charge on any atom is 0.163 e. The molecule has 7 fully saturated rings. The number of rotatable bonds is 17. The van der Waals surface area contributed by atoms with E-state index in [-0.39, 0.29) is 97.4 Å². The lowest BCUT2D eigenvalue weighted by Crippen LogP contribution is -2.37. The summed E-state index contributed by atoms with van der Waals surface area (Å²) in [5.74, 6) is 5.94. The highest BCUT2D eigenvalue weighted by atomic mass is 35.5. The predicted octanol–water partition coefficient (Wildman–Crippen LogP) is 18.5. The molecule has 0 radical (unpaired) electrons. The number of benzene rings is 4. The van der Waals surface area contributed by atoms with Crippen molar-refractivity contribution < 1.29 is 61.0 Å².